The van der Waals surface area contributed by atoms with Crippen molar-refractivity contribution in [2.24, 2.45) is 0 Å². The van der Waals surface area contributed by atoms with Crippen molar-refractivity contribution in [2.75, 3.05) is 6.54 Å². The van der Waals surface area contributed by atoms with Crippen LogP contribution in [0.5, 0.6) is 0 Å². The molecule has 1 aliphatic rings. The Hall–Kier alpha value is -1.92. The minimum Gasteiger partial charge on any atom is -0.293 e. The van der Waals surface area contributed by atoms with Gasteiger partial charge in [-0.3, -0.25) is 9.69 Å². The molecule has 0 unspecified atom stereocenters. The van der Waals surface area contributed by atoms with Crippen molar-refractivity contribution in [3.05, 3.63) is 52.2 Å². The van der Waals surface area contributed by atoms with Gasteiger partial charge in [-0.1, -0.05) is 30.0 Å². The number of nitrogens with zero attached hydrogens (tertiary/aromatic N) is 3. The molecule has 1 fully saturated rings. The molecule has 118 valence electrons. The number of benzene rings is 1. The molecule has 2 aromatic rings. The number of hydrogen-bond donors (Lipinski definition) is 0. The molecule has 0 N–H and O–H groups in total. The van der Waals surface area contributed by atoms with Crippen LogP contribution in [-0.2, 0) is 4.79 Å². The largest absolute Gasteiger partial charge is 0.293 e. The molecular formula is C17H17N3OS2. The molecule has 0 radical (unpaired) electrons. The van der Waals surface area contributed by atoms with Crippen molar-refractivity contribution in [1.82, 2.24) is 14.7 Å². The second-order valence-corrected chi connectivity index (χ2v) is 7.09. The van der Waals surface area contributed by atoms with Crippen LogP contribution < -0.4 is 0 Å². The first kappa shape index (κ1) is 16.0. The molecule has 1 amide bonds. The monoisotopic (exact) mass is 343 g/mol. The number of carbonyl (C=O) groups excluding carboxylic acids is 1. The third-order valence-corrected chi connectivity index (χ3v) is 5.22. The fourth-order valence-electron chi connectivity index (χ4n) is 2.34. The molecule has 4 nitrogen and oxygen atoms in total. The normalized spacial score (nSPS) is 16.7. The van der Waals surface area contributed by atoms with Crippen molar-refractivity contribution < 1.29 is 4.79 Å². The summed E-state index contributed by atoms with van der Waals surface area (Å²) in [5.41, 5.74) is 4.38. The SMILES string of the molecule is CCN1C(=O)/C(=C/c2cnn(-c3ccc(C)c(C)c3)c2)SC1=S. The molecule has 0 bridgehead atoms. The number of amides is 1. The highest BCUT2D eigenvalue weighted by Crippen LogP contribution is 2.32. The molecule has 0 spiro atoms. The maximum Gasteiger partial charge on any atom is 0.266 e. The molecule has 23 heavy (non-hydrogen) atoms. The molecule has 1 aromatic carbocycles. The zero-order valence-electron chi connectivity index (χ0n) is 13.2. The van der Waals surface area contributed by atoms with Crippen LogP contribution in [0.1, 0.15) is 23.6 Å². The number of aryl methyl sites for hydroxylation is 2. The van der Waals surface area contributed by atoms with E-state index in [2.05, 4.69) is 31.1 Å². The number of thiocarbonyl (C=S) groups is 1. The Morgan fingerprint density at radius 1 is 1.30 bits per heavy atom. The Morgan fingerprint density at radius 2 is 2.09 bits per heavy atom. The van der Waals surface area contributed by atoms with E-state index in [9.17, 15) is 4.79 Å². The fraction of sp³-hybridized carbons (Fsp3) is 0.235. The van der Waals surface area contributed by atoms with Crippen LogP contribution in [0.15, 0.2) is 35.5 Å². The first-order valence-corrected chi connectivity index (χ1v) is 8.59. The van der Waals surface area contributed by atoms with Crippen LogP contribution in [0.4, 0.5) is 0 Å². The Labute approximate surface area is 145 Å². The summed E-state index contributed by atoms with van der Waals surface area (Å²) < 4.78 is 2.43. The first-order valence-electron chi connectivity index (χ1n) is 7.37. The van der Waals surface area contributed by atoms with Crippen LogP contribution in [-0.4, -0.2) is 31.5 Å². The Bertz CT molecular complexity index is 823. The van der Waals surface area contributed by atoms with Crippen molar-refractivity contribution >= 4 is 40.3 Å². The lowest BCUT2D eigenvalue weighted by Crippen LogP contribution is -2.27. The lowest BCUT2D eigenvalue weighted by Gasteiger charge is -2.09. The van der Waals surface area contributed by atoms with Crippen LogP contribution >= 0.6 is 24.0 Å². The summed E-state index contributed by atoms with van der Waals surface area (Å²) in [6, 6.07) is 6.22. The second-order valence-electron chi connectivity index (χ2n) is 5.41. The molecule has 0 saturated carbocycles. The van der Waals surface area contributed by atoms with Gasteiger partial charge in [0.1, 0.15) is 4.32 Å². The summed E-state index contributed by atoms with van der Waals surface area (Å²) in [4.78, 5) is 14.5. The highest BCUT2D eigenvalue weighted by Gasteiger charge is 2.30. The van der Waals surface area contributed by atoms with Gasteiger partial charge >= 0.3 is 0 Å². The summed E-state index contributed by atoms with van der Waals surface area (Å²) >= 11 is 6.57. The summed E-state index contributed by atoms with van der Waals surface area (Å²) in [5, 5.41) is 4.39. The Balaban J connectivity index is 1.88. The van der Waals surface area contributed by atoms with E-state index < -0.39 is 0 Å². The maximum atomic E-state index is 12.2. The van der Waals surface area contributed by atoms with Gasteiger partial charge in [0.2, 0.25) is 0 Å². The standard InChI is InChI=1S/C17H17N3OS2/c1-4-19-16(21)15(23-17(19)22)8-13-9-18-20(10-13)14-6-5-11(2)12(3)7-14/h5-10H,4H2,1-3H3/b15-8-. The van der Waals surface area contributed by atoms with E-state index in [-0.39, 0.29) is 5.91 Å². The van der Waals surface area contributed by atoms with E-state index in [0.29, 0.717) is 15.8 Å². The van der Waals surface area contributed by atoms with Crippen LogP contribution in [0.25, 0.3) is 11.8 Å². The summed E-state index contributed by atoms with van der Waals surface area (Å²) in [7, 11) is 0. The van der Waals surface area contributed by atoms with Gasteiger partial charge in [0.25, 0.3) is 5.91 Å². The number of aromatic nitrogens is 2. The van der Waals surface area contributed by atoms with Crippen LogP contribution in [0.2, 0.25) is 0 Å². The smallest absolute Gasteiger partial charge is 0.266 e. The number of thioether (sulfide) groups is 1. The predicted molar refractivity (Wildman–Crippen MR) is 98.6 cm³/mol. The molecule has 1 aliphatic heterocycles. The lowest BCUT2D eigenvalue weighted by molar-refractivity contribution is -0.121. The molecule has 3 rings (SSSR count). The lowest BCUT2D eigenvalue weighted by atomic mass is 10.1. The third kappa shape index (κ3) is 3.09. The number of hydrogen-bond acceptors (Lipinski definition) is 4. The van der Waals surface area contributed by atoms with Gasteiger partial charge in [-0.2, -0.15) is 5.10 Å². The van der Waals surface area contributed by atoms with Crippen molar-refractivity contribution in [3.8, 4) is 5.69 Å². The minimum absolute atomic E-state index is 0.0265. The highest BCUT2D eigenvalue weighted by molar-refractivity contribution is 8.26. The summed E-state index contributed by atoms with van der Waals surface area (Å²) in [6.45, 7) is 6.69. The molecule has 1 aromatic heterocycles. The van der Waals surface area contributed by atoms with Gasteiger partial charge in [-0.25, -0.2) is 4.68 Å². The van der Waals surface area contributed by atoms with Crippen molar-refractivity contribution in [1.29, 1.82) is 0 Å². The molecule has 0 atom stereocenters. The van der Waals surface area contributed by atoms with E-state index in [4.69, 9.17) is 12.2 Å². The van der Waals surface area contributed by atoms with Crippen molar-refractivity contribution in [2.45, 2.75) is 20.8 Å². The zero-order valence-corrected chi connectivity index (χ0v) is 14.9. The summed E-state index contributed by atoms with van der Waals surface area (Å²) in [5.74, 6) is -0.0265. The Kier molecular flexibility index (Phi) is 4.37. The van der Waals surface area contributed by atoms with Gasteiger partial charge in [0.15, 0.2) is 0 Å². The fourth-order valence-corrected chi connectivity index (χ4v) is 3.73. The predicted octanol–water partition coefficient (Wildman–Crippen LogP) is 3.71. The molecular weight excluding hydrogens is 326 g/mol. The van der Waals surface area contributed by atoms with E-state index in [1.54, 1.807) is 11.1 Å². The highest BCUT2D eigenvalue weighted by atomic mass is 32.2. The number of carbonyl (C=O) groups is 1. The van der Waals surface area contributed by atoms with E-state index in [1.165, 1.54) is 22.9 Å². The zero-order chi connectivity index (χ0) is 16.6. The van der Waals surface area contributed by atoms with E-state index >= 15 is 0 Å². The summed E-state index contributed by atoms with van der Waals surface area (Å²) in [6.07, 6.45) is 5.52. The first-order chi connectivity index (χ1) is 11.0. The second kappa shape index (κ2) is 6.29. The quantitative estimate of drug-likeness (QED) is 0.629. The van der Waals surface area contributed by atoms with Crippen molar-refractivity contribution in [3.63, 3.8) is 0 Å². The van der Waals surface area contributed by atoms with Gasteiger partial charge in [-0.15, -0.1) is 0 Å². The molecule has 1 saturated heterocycles. The van der Waals surface area contributed by atoms with Crippen LogP contribution in [0, 0.1) is 13.8 Å². The average molecular weight is 343 g/mol. The molecule has 6 heteroatoms. The van der Waals surface area contributed by atoms with E-state index in [1.807, 2.05) is 29.9 Å². The molecule has 2 heterocycles. The van der Waals surface area contributed by atoms with Crippen LogP contribution in [0.3, 0.4) is 0 Å². The number of likely N-dealkylation sites (N-methyl/N-ethyl adjacent to an activating group) is 1. The third-order valence-electron chi connectivity index (χ3n) is 3.85. The van der Waals surface area contributed by atoms with Gasteiger partial charge in [0, 0.05) is 18.3 Å². The molecule has 0 aliphatic carbocycles. The maximum absolute atomic E-state index is 12.2. The average Bonchev–Trinajstić information content (AvgIpc) is 3.08. The minimum atomic E-state index is -0.0265. The van der Waals surface area contributed by atoms with Gasteiger partial charge in [-0.05, 0) is 50.1 Å². The topological polar surface area (TPSA) is 38.1 Å². The Morgan fingerprint density at radius 3 is 2.74 bits per heavy atom. The number of rotatable bonds is 3. The van der Waals surface area contributed by atoms with Gasteiger partial charge in [0.05, 0.1) is 16.8 Å². The van der Waals surface area contributed by atoms with E-state index in [0.717, 1.165) is 11.3 Å². The van der Waals surface area contributed by atoms with Gasteiger partial charge < -0.3 is 0 Å².